The smallest absolute Gasteiger partial charge is 0.482 e. The zero-order valence-corrected chi connectivity index (χ0v) is 33.4. The minimum Gasteiger partial charge on any atom is -0.482 e. The van der Waals surface area contributed by atoms with Crippen molar-refractivity contribution in [1.82, 2.24) is 4.90 Å². The summed E-state index contributed by atoms with van der Waals surface area (Å²) < 4.78 is 26.5. The first-order valence-electron chi connectivity index (χ1n) is 21.2. The molecule has 6 fully saturated rings. The highest BCUT2D eigenvalue weighted by Gasteiger charge is 2.82. The van der Waals surface area contributed by atoms with Gasteiger partial charge in [0.2, 0.25) is 0 Å². The van der Waals surface area contributed by atoms with Gasteiger partial charge in [0.05, 0.1) is 5.60 Å². The van der Waals surface area contributed by atoms with Crippen LogP contribution in [0.15, 0.2) is 72.8 Å². The van der Waals surface area contributed by atoms with Gasteiger partial charge < -0.3 is 24.1 Å². The average Bonchev–Trinajstić information content (AvgIpc) is 3.93. The Balaban J connectivity index is 0.963. The lowest BCUT2D eigenvalue weighted by Gasteiger charge is -2.75. The summed E-state index contributed by atoms with van der Waals surface area (Å²) in [6.07, 6.45) is 9.50. The second-order valence-electron chi connectivity index (χ2n) is 19.8. The highest BCUT2D eigenvalue weighted by atomic mass is 16.7. The molecule has 2 spiro atoms. The van der Waals surface area contributed by atoms with Crippen LogP contribution < -0.4 is 9.47 Å². The first kappa shape index (κ1) is 36.0. The molecule has 292 valence electrons. The van der Waals surface area contributed by atoms with E-state index in [1.165, 1.54) is 35.1 Å². The van der Waals surface area contributed by atoms with Crippen molar-refractivity contribution >= 4 is 6.16 Å². The highest BCUT2D eigenvalue weighted by molar-refractivity contribution is 5.70. The van der Waals surface area contributed by atoms with Crippen molar-refractivity contribution in [3.8, 4) is 11.5 Å². The molecule has 1 saturated heterocycles. The molecule has 7 nitrogen and oxygen atoms in total. The third-order valence-corrected chi connectivity index (χ3v) is 16.7. The summed E-state index contributed by atoms with van der Waals surface area (Å²) in [6.45, 7) is 10.7. The van der Waals surface area contributed by atoms with Crippen molar-refractivity contribution in [2.45, 2.75) is 139 Å². The molecule has 6 aliphatic carbocycles. The summed E-state index contributed by atoms with van der Waals surface area (Å²) in [4.78, 5) is 16.6. The molecule has 3 aromatic rings. The van der Waals surface area contributed by atoms with E-state index in [9.17, 15) is 9.90 Å². The quantitative estimate of drug-likeness (QED) is 0.182. The van der Waals surface area contributed by atoms with Crippen molar-refractivity contribution in [2.24, 2.45) is 22.7 Å². The summed E-state index contributed by atoms with van der Waals surface area (Å²) in [5, 5.41) is 12.6. The molecule has 7 heteroatoms. The summed E-state index contributed by atoms with van der Waals surface area (Å²) in [5.74, 6) is 1.84. The van der Waals surface area contributed by atoms with Gasteiger partial charge in [0, 0.05) is 47.4 Å². The first-order chi connectivity index (χ1) is 26.4. The second-order valence-corrected chi connectivity index (χ2v) is 19.8. The Morgan fingerprint density at radius 3 is 2.16 bits per heavy atom. The molecule has 8 aliphatic rings. The number of fused-ring (bicyclic) bond motifs is 2. The number of rotatable bonds is 8. The lowest BCUT2D eigenvalue weighted by Crippen LogP contribution is -2.83. The maximum Gasteiger partial charge on any atom is 0.514 e. The molecule has 2 heterocycles. The van der Waals surface area contributed by atoms with Crippen LogP contribution in [0.5, 0.6) is 11.5 Å². The van der Waals surface area contributed by atoms with E-state index in [0.29, 0.717) is 17.5 Å². The van der Waals surface area contributed by atoms with E-state index < -0.39 is 17.4 Å². The van der Waals surface area contributed by atoms with Gasteiger partial charge in [-0.1, -0.05) is 87.5 Å². The number of hydrogen-bond donors (Lipinski definition) is 1. The molecule has 7 unspecified atom stereocenters. The van der Waals surface area contributed by atoms with E-state index in [2.05, 4.69) is 92.4 Å². The third kappa shape index (κ3) is 4.94. The van der Waals surface area contributed by atoms with Crippen LogP contribution in [0.2, 0.25) is 0 Å². The zero-order valence-electron chi connectivity index (χ0n) is 33.4. The van der Waals surface area contributed by atoms with Crippen LogP contribution in [0.4, 0.5) is 4.79 Å². The SMILES string of the molecule is COC12CCC3(CC1C(C)(O)C(C)(C)C)C1Cc4ccc(OC(=O)OC5CCC(c6ccccc6)(c6ccccc6)CC5)c5c4C3(CCN1CC1CC1)C2O5. The molecule has 1 N–H and O–H groups in total. The summed E-state index contributed by atoms with van der Waals surface area (Å²) in [5.41, 5.74) is 2.68. The normalized spacial score (nSPS) is 34.3. The van der Waals surface area contributed by atoms with E-state index in [1.54, 1.807) is 0 Å². The van der Waals surface area contributed by atoms with Crippen molar-refractivity contribution in [2.75, 3.05) is 20.2 Å². The fourth-order valence-corrected chi connectivity index (χ4v) is 13.4. The average molecular weight is 746 g/mol. The van der Waals surface area contributed by atoms with Crippen molar-refractivity contribution in [3.05, 3.63) is 95.1 Å². The van der Waals surface area contributed by atoms with Gasteiger partial charge >= 0.3 is 6.16 Å². The van der Waals surface area contributed by atoms with Gasteiger partial charge in [0.25, 0.3) is 0 Å². The third-order valence-electron chi connectivity index (χ3n) is 16.7. The lowest BCUT2D eigenvalue weighted by atomic mass is 9.33. The maximum atomic E-state index is 13.8. The zero-order chi connectivity index (χ0) is 38.0. The van der Waals surface area contributed by atoms with Crippen LogP contribution in [-0.4, -0.2) is 65.8 Å². The first-order valence-corrected chi connectivity index (χ1v) is 21.2. The second kappa shape index (κ2) is 12.3. The van der Waals surface area contributed by atoms with Crippen molar-refractivity contribution in [1.29, 1.82) is 0 Å². The Bertz CT molecular complexity index is 1920. The monoisotopic (exact) mass is 745 g/mol. The molecule has 0 amide bonds. The predicted molar refractivity (Wildman–Crippen MR) is 212 cm³/mol. The number of ether oxygens (including phenoxy) is 4. The minimum atomic E-state index is -0.992. The largest absolute Gasteiger partial charge is 0.514 e. The minimum absolute atomic E-state index is 0.0749. The van der Waals surface area contributed by atoms with Gasteiger partial charge in [0.1, 0.15) is 17.8 Å². The molecule has 55 heavy (non-hydrogen) atoms. The van der Waals surface area contributed by atoms with Crippen molar-refractivity contribution in [3.63, 3.8) is 0 Å². The van der Waals surface area contributed by atoms with Crippen LogP contribution in [-0.2, 0) is 26.7 Å². The molecule has 11 rings (SSSR count). The van der Waals surface area contributed by atoms with Gasteiger partial charge in [0.15, 0.2) is 11.5 Å². The van der Waals surface area contributed by atoms with Crippen LogP contribution in [0.1, 0.15) is 114 Å². The van der Waals surface area contributed by atoms with Crippen LogP contribution in [0, 0.1) is 22.7 Å². The van der Waals surface area contributed by atoms with E-state index in [-0.39, 0.29) is 39.8 Å². The number of methoxy groups -OCH3 is 1. The van der Waals surface area contributed by atoms with Gasteiger partial charge in [-0.2, -0.15) is 0 Å². The Morgan fingerprint density at radius 1 is 0.873 bits per heavy atom. The molecule has 0 aromatic heterocycles. The number of hydrogen-bond acceptors (Lipinski definition) is 7. The number of carbonyl (C=O) groups is 1. The summed E-state index contributed by atoms with van der Waals surface area (Å²) in [6, 6.07) is 26.1. The van der Waals surface area contributed by atoms with Crippen LogP contribution >= 0.6 is 0 Å². The summed E-state index contributed by atoms with van der Waals surface area (Å²) in [7, 11) is 1.83. The topological polar surface area (TPSA) is 77.5 Å². The number of aliphatic hydroxyl groups is 1. The molecular weight excluding hydrogens is 687 g/mol. The standard InChI is InChI=1S/C48H59NO6/c1-43(2,3)44(4,51)37-29-46-24-25-48(37,52-5)41-47(46)26-27-49(30-31-16-17-31)38(46)28-32-18-19-36(40(55-41)39(32)47)54-42(50)53-35-20-22-45(23-21-35,33-12-8-6-9-13-33)34-14-10-7-11-15-34/h6-15,18-19,31,35,37-38,41,51H,16-17,20-30H2,1-5H3. The number of nitrogens with zero attached hydrogens (tertiary/aromatic N) is 1. The fourth-order valence-electron chi connectivity index (χ4n) is 13.4. The Labute approximate surface area is 327 Å². The fraction of sp³-hybridized carbons (Fsp3) is 0.604. The number of carbonyl (C=O) groups excluding carboxylic acids is 1. The molecule has 5 saturated carbocycles. The molecular formula is C48H59NO6. The highest BCUT2D eigenvalue weighted by Crippen LogP contribution is 2.78. The number of likely N-dealkylation sites (tertiary alicyclic amines) is 1. The number of piperidine rings is 1. The molecule has 3 aromatic carbocycles. The van der Waals surface area contributed by atoms with Gasteiger partial charge in [-0.05, 0) is 118 Å². The van der Waals surface area contributed by atoms with Gasteiger partial charge in [-0.3, -0.25) is 4.90 Å². The maximum absolute atomic E-state index is 13.8. The Kier molecular flexibility index (Phi) is 8.05. The van der Waals surface area contributed by atoms with Gasteiger partial charge in [-0.25, -0.2) is 4.79 Å². The molecule has 7 atom stereocenters. The van der Waals surface area contributed by atoms with Gasteiger partial charge in [-0.15, -0.1) is 0 Å². The lowest BCUT2D eigenvalue weighted by molar-refractivity contribution is -0.312. The van der Waals surface area contributed by atoms with E-state index in [1.807, 2.05) is 20.1 Å². The number of benzene rings is 3. The van der Waals surface area contributed by atoms with Crippen LogP contribution in [0.25, 0.3) is 0 Å². The van der Waals surface area contributed by atoms with E-state index in [4.69, 9.17) is 18.9 Å². The Morgan fingerprint density at radius 2 is 1.55 bits per heavy atom. The van der Waals surface area contributed by atoms with Crippen molar-refractivity contribution < 1.29 is 28.8 Å². The molecule has 2 aliphatic heterocycles. The molecule has 4 bridgehead atoms. The summed E-state index contributed by atoms with van der Waals surface area (Å²) >= 11 is 0. The Hall–Kier alpha value is -3.39. The van der Waals surface area contributed by atoms with E-state index >= 15 is 0 Å². The molecule has 0 radical (unpaired) electrons. The van der Waals surface area contributed by atoms with E-state index in [0.717, 1.165) is 76.8 Å². The van der Waals surface area contributed by atoms with Crippen LogP contribution in [0.3, 0.4) is 0 Å². The predicted octanol–water partition coefficient (Wildman–Crippen LogP) is 9.15.